The summed E-state index contributed by atoms with van der Waals surface area (Å²) in [7, 11) is 0. The highest BCUT2D eigenvalue weighted by Crippen LogP contribution is 2.31. The van der Waals surface area contributed by atoms with Crippen LogP contribution >= 0.6 is 11.8 Å². The van der Waals surface area contributed by atoms with Crippen LogP contribution in [0, 0.1) is 0 Å². The molecule has 5 heteroatoms. The minimum atomic E-state index is -0.679. The molecular formula is C16H22N2O2S. The van der Waals surface area contributed by atoms with E-state index < -0.39 is 5.54 Å². The second-order valence-corrected chi connectivity index (χ2v) is 6.27. The van der Waals surface area contributed by atoms with Gasteiger partial charge in [-0.15, -0.1) is 11.8 Å². The molecule has 21 heavy (non-hydrogen) atoms. The number of nitrogens with one attached hydrogen (secondary N) is 1. The molecule has 0 aromatic heterocycles. The van der Waals surface area contributed by atoms with Gasteiger partial charge in [0.15, 0.2) is 0 Å². The minimum absolute atomic E-state index is 0.0448. The monoisotopic (exact) mass is 306 g/mol. The number of carbonyl (C=O) groups excluding carboxylic acids is 2. The largest absolute Gasteiger partial charge is 0.350 e. The van der Waals surface area contributed by atoms with Gasteiger partial charge in [-0.05, 0) is 31.2 Å². The van der Waals surface area contributed by atoms with Gasteiger partial charge >= 0.3 is 0 Å². The van der Waals surface area contributed by atoms with Gasteiger partial charge in [0.25, 0.3) is 0 Å². The average molecular weight is 306 g/mol. The molecule has 0 aliphatic carbocycles. The van der Waals surface area contributed by atoms with Gasteiger partial charge in [-0.2, -0.15) is 0 Å². The molecule has 1 aliphatic rings. The zero-order chi connectivity index (χ0) is 15.5. The van der Waals surface area contributed by atoms with E-state index in [4.69, 9.17) is 0 Å². The van der Waals surface area contributed by atoms with Crippen LogP contribution in [0.15, 0.2) is 29.2 Å². The summed E-state index contributed by atoms with van der Waals surface area (Å²) in [5.41, 5.74) is 0.427. The summed E-state index contributed by atoms with van der Waals surface area (Å²) in [6.45, 7) is 4.85. The molecule has 1 N–H and O–H groups in total. The van der Waals surface area contributed by atoms with Gasteiger partial charge < -0.3 is 10.2 Å². The van der Waals surface area contributed by atoms with Crippen molar-refractivity contribution in [3.8, 4) is 0 Å². The number of carbonyl (C=O) groups is 2. The lowest BCUT2D eigenvalue weighted by atomic mass is 9.85. The third-order valence-corrected chi connectivity index (χ3v) is 4.98. The first-order valence-corrected chi connectivity index (χ1v) is 8.46. The van der Waals surface area contributed by atoms with Crippen molar-refractivity contribution < 1.29 is 9.59 Å². The SMILES string of the molecule is CCC(=O)N1CCC1(C)C(=O)NCc1ccccc1SC. The Bertz CT molecular complexity index is 547. The maximum absolute atomic E-state index is 12.4. The molecule has 1 heterocycles. The van der Waals surface area contributed by atoms with E-state index in [0.29, 0.717) is 19.5 Å². The number of rotatable bonds is 5. The van der Waals surface area contributed by atoms with Crippen molar-refractivity contribution in [1.82, 2.24) is 10.2 Å². The molecule has 1 aromatic carbocycles. The van der Waals surface area contributed by atoms with Crippen LogP contribution in [0.5, 0.6) is 0 Å². The zero-order valence-electron chi connectivity index (χ0n) is 12.8. The van der Waals surface area contributed by atoms with Crippen molar-refractivity contribution in [3.63, 3.8) is 0 Å². The van der Waals surface area contributed by atoms with Crippen molar-refractivity contribution in [2.45, 2.75) is 43.7 Å². The van der Waals surface area contributed by atoms with E-state index in [1.807, 2.05) is 44.4 Å². The maximum atomic E-state index is 12.4. The number of thioether (sulfide) groups is 1. The standard InChI is InChI=1S/C16H22N2O2S/c1-4-14(19)18-10-9-16(18,2)15(20)17-11-12-7-5-6-8-13(12)21-3/h5-8H,4,9-11H2,1-3H3,(H,17,20). The van der Waals surface area contributed by atoms with Crippen LogP contribution < -0.4 is 5.32 Å². The predicted octanol–water partition coefficient (Wildman–Crippen LogP) is 2.43. The highest BCUT2D eigenvalue weighted by Gasteiger charge is 2.48. The van der Waals surface area contributed by atoms with Gasteiger partial charge in [-0.1, -0.05) is 25.1 Å². The second kappa shape index (κ2) is 6.52. The lowest BCUT2D eigenvalue weighted by Gasteiger charge is -2.49. The molecule has 1 aliphatic heterocycles. The van der Waals surface area contributed by atoms with Crippen LogP contribution in [-0.4, -0.2) is 35.1 Å². The van der Waals surface area contributed by atoms with Crippen LogP contribution in [0.3, 0.4) is 0 Å². The van der Waals surface area contributed by atoms with E-state index in [2.05, 4.69) is 5.32 Å². The van der Waals surface area contributed by atoms with Crippen molar-refractivity contribution in [3.05, 3.63) is 29.8 Å². The fourth-order valence-electron chi connectivity index (χ4n) is 2.60. The highest BCUT2D eigenvalue weighted by atomic mass is 32.2. The number of hydrogen-bond donors (Lipinski definition) is 1. The minimum Gasteiger partial charge on any atom is -0.350 e. The Hall–Kier alpha value is -1.49. The fourth-order valence-corrected chi connectivity index (χ4v) is 3.22. The van der Waals surface area contributed by atoms with Crippen LogP contribution in [0.2, 0.25) is 0 Å². The Morgan fingerprint density at radius 2 is 2.10 bits per heavy atom. The van der Waals surface area contributed by atoms with Gasteiger partial charge in [-0.3, -0.25) is 9.59 Å². The van der Waals surface area contributed by atoms with Crippen molar-refractivity contribution in [2.75, 3.05) is 12.8 Å². The summed E-state index contributed by atoms with van der Waals surface area (Å²) in [6, 6.07) is 8.03. The summed E-state index contributed by atoms with van der Waals surface area (Å²) in [5.74, 6) is -0.0186. The predicted molar refractivity (Wildman–Crippen MR) is 85.1 cm³/mol. The summed E-state index contributed by atoms with van der Waals surface area (Å²) >= 11 is 1.67. The quantitative estimate of drug-likeness (QED) is 0.850. The molecule has 0 spiro atoms. The van der Waals surface area contributed by atoms with E-state index in [0.717, 1.165) is 16.9 Å². The molecule has 0 bridgehead atoms. The first kappa shape index (κ1) is 15.9. The Morgan fingerprint density at radius 3 is 2.67 bits per heavy atom. The molecule has 1 atom stereocenters. The molecule has 1 unspecified atom stereocenters. The van der Waals surface area contributed by atoms with E-state index >= 15 is 0 Å². The van der Waals surface area contributed by atoms with E-state index in [-0.39, 0.29) is 11.8 Å². The van der Waals surface area contributed by atoms with Crippen LogP contribution in [0.25, 0.3) is 0 Å². The van der Waals surface area contributed by atoms with Gasteiger partial charge in [0.1, 0.15) is 5.54 Å². The molecule has 114 valence electrons. The van der Waals surface area contributed by atoms with Gasteiger partial charge in [0.05, 0.1) is 0 Å². The molecule has 0 saturated carbocycles. The Morgan fingerprint density at radius 1 is 1.38 bits per heavy atom. The second-order valence-electron chi connectivity index (χ2n) is 5.42. The molecular weight excluding hydrogens is 284 g/mol. The first-order chi connectivity index (χ1) is 10.0. The Kier molecular flexibility index (Phi) is 4.93. The Balaban J connectivity index is 2.00. The number of amides is 2. The zero-order valence-corrected chi connectivity index (χ0v) is 13.6. The van der Waals surface area contributed by atoms with Gasteiger partial charge in [0, 0.05) is 24.4 Å². The number of likely N-dealkylation sites (tertiary alicyclic amines) is 1. The van der Waals surface area contributed by atoms with Crippen LogP contribution in [0.1, 0.15) is 32.3 Å². The lowest BCUT2D eigenvalue weighted by molar-refractivity contribution is -0.157. The first-order valence-electron chi connectivity index (χ1n) is 7.23. The van der Waals surface area contributed by atoms with Crippen molar-refractivity contribution >= 4 is 23.6 Å². The molecule has 1 aromatic rings. The van der Waals surface area contributed by atoms with Crippen LogP contribution in [-0.2, 0) is 16.1 Å². The molecule has 2 rings (SSSR count). The third-order valence-electron chi connectivity index (χ3n) is 4.14. The van der Waals surface area contributed by atoms with Gasteiger partial charge in [0.2, 0.25) is 11.8 Å². The van der Waals surface area contributed by atoms with Crippen molar-refractivity contribution in [1.29, 1.82) is 0 Å². The molecule has 4 nitrogen and oxygen atoms in total. The maximum Gasteiger partial charge on any atom is 0.246 e. The topological polar surface area (TPSA) is 49.4 Å². The Labute approximate surface area is 130 Å². The smallest absolute Gasteiger partial charge is 0.246 e. The number of nitrogens with zero attached hydrogens (tertiary/aromatic N) is 1. The average Bonchev–Trinajstić information content (AvgIpc) is 2.50. The van der Waals surface area contributed by atoms with E-state index in [9.17, 15) is 9.59 Å². The van der Waals surface area contributed by atoms with Gasteiger partial charge in [-0.25, -0.2) is 0 Å². The number of hydrogen-bond acceptors (Lipinski definition) is 3. The molecule has 1 saturated heterocycles. The molecule has 0 radical (unpaired) electrons. The lowest BCUT2D eigenvalue weighted by Crippen LogP contribution is -2.67. The van der Waals surface area contributed by atoms with Crippen LogP contribution in [0.4, 0.5) is 0 Å². The summed E-state index contributed by atoms with van der Waals surface area (Å²) in [4.78, 5) is 27.1. The molecule has 1 fully saturated rings. The summed E-state index contributed by atoms with van der Waals surface area (Å²) in [5, 5.41) is 2.98. The fraction of sp³-hybridized carbons (Fsp3) is 0.500. The van der Waals surface area contributed by atoms with Crippen molar-refractivity contribution in [2.24, 2.45) is 0 Å². The van der Waals surface area contributed by atoms with E-state index in [1.165, 1.54) is 0 Å². The summed E-state index contributed by atoms with van der Waals surface area (Å²) in [6.07, 6.45) is 3.20. The number of benzene rings is 1. The molecule has 2 amide bonds. The summed E-state index contributed by atoms with van der Waals surface area (Å²) < 4.78 is 0. The normalized spacial score (nSPS) is 20.8. The highest BCUT2D eigenvalue weighted by molar-refractivity contribution is 7.98. The van der Waals surface area contributed by atoms with E-state index in [1.54, 1.807) is 16.7 Å². The third kappa shape index (κ3) is 3.07.